The molecular formula is C35H38ClF3N4O8S. The second kappa shape index (κ2) is 15.3. The number of carbonyl (C=O) groups excluding carboxylic acids is 1. The van der Waals surface area contributed by atoms with Crippen molar-refractivity contribution in [1.82, 2.24) is 15.0 Å². The molecule has 0 aliphatic carbocycles. The SMILES string of the molecule is CCN(C)Cc1ccc(OC)c([C@H]2C(=O)N(N3CCCC3(N3C=CCO3)S(=O)(=O)c3ccc(OC)cc3)c3ccc(Cl)cc32)c1.O=C(O)C(F)(F)F. The number of anilines is 1. The summed E-state index contributed by atoms with van der Waals surface area (Å²) in [4.78, 5) is 30.2. The number of methoxy groups -OCH3 is 2. The summed E-state index contributed by atoms with van der Waals surface area (Å²) >= 11 is 6.54. The Balaban J connectivity index is 0.000000679. The zero-order valence-electron chi connectivity index (χ0n) is 28.8. The van der Waals surface area contributed by atoms with Crippen molar-refractivity contribution in [2.24, 2.45) is 0 Å². The highest BCUT2D eigenvalue weighted by Crippen LogP contribution is 2.51. The molecule has 280 valence electrons. The first-order chi connectivity index (χ1) is 24.6. The average molecular weight is 767 g/mol. The van der Waals surface area contributed by atoms with Crippen LogP contribution in [0.1, 0.15) is 42.4 Å². The van der Waals surface area contributed by atoms with Crippen LogP contribution in [0, 0.1) is 0 Å². The van der Waals surface area contributed by atoms with Crippen LogP contribution >= 0.6 is 11.6 Å². The van der Waals surface area contributed by atoms with Crippen LogP contribution in [-0.2, 0) is 30.8 Å². The summed E-state index contributed by atoms with van der Waals surface area (Å²) in [5.74, 6) is -2.74. The summed E-state index contributed by atoms with van der Waals surface area (Å²) in [6.07, 6.45) is -0.988. The molecule has 3 aliphatic rings. The molecule has 3 heterocycles. The van der Waals surface area contributed by atoms with Crippen LogP contribution in [-0.4, -0.2) is 92.5 Å². The first-order valence-corrected chi connectivity index (χ1v) is 18.0. The van der Waals surface area contributed by atoms with E-state index in [0.717, 1.165) is 12.1 Å². The fourth-order valence-electron chi connectivity index (χ4n) is 6.51. The number of ether oxygens (including phenoxy) is 2. The van der Waals surface area contributed by atoms with Crippen LogP contribution < -0.4 is 14.5 Å². The van der Waals surface area contributed by atoms with Gasteiger partial charge in [-0.2, -0.15) is 18.2 Å². The zero-order valence-corrected chi connectivity index (χ0v) is 30.3. The normalized spacial score (nSPS) is 20.2. The molecule has 1 fully saturated rings. The van der Waals surface area contributed by atoms with Gasteiger partial charge in [-0.05, 0) is 91.8 Å². The Labute approximate surface area is 304 Å². The minimum Gasteiger partial charge on any atom is -0.497 e. The lowest BCUT2D eigenvalue weighted by atomic mass is 9.90. The van der Waals surface area contributed by atoms with Crippen LogP contribution in [0.3, 0.4) is 0 Å². The van der Waals surface area contributed by atoms with Crippen molar-refractivity contribution in [3.8, 4) is 11.5 Å². The van der Waals surface area contributed by atoms with Crippen LogP contribution in [0.4, 0.5) is 18.9 Å². The van der Waals surface area contributed by atoms with Gasteiger partial charge in [-0.1, -0.05) is 24.6 Å². The van der Waals surface area contributed by atoms with Gasteiger partial charge in [-0.15, -0.1) is 0 Å². The molecule has 3 aliphatic heterocycles. The topological polar surface area (TPSA) is 129 Å². The fraction of sp³-hybridized carbons (Fsp3) is 0.371. The number of carboxylic acid groups (broad SMARTS) is 1. The molecule has 0 aromatic heterocycles. The minimum atomic E-state index is -5.08. The Morgan fingerprint density at radius 2 is 1.77 bits per heavy atom. The maximum absolute atomic E-state index is 14.9. The van der Waals surface area contributed by atoms with Crippen molar-refractivity contribution < 1.29 is 50.6 Å². The van der Waals surface area contributed by atoms with Gasteiger partial charge in [0.25, 0.3) is 5.91 Å². The quantitative estimate of drug-likeness (QED) is 0.268. The van der Waals surface area contributed by atoms with E-state index in [1.165, 1.54) is 29.3 Å². The molecule has 12 nitrogen and oxygen atoms in total. The van der Waals surface area contributed by atoms with Gasteiger partial charge >= 0.3 is 12.1 Å². The third-order valence-electron chi connectivity index (χ3n) is 9.04. The van der Waals surface area contributed by atoms with Gasteiger partial charge in [-0.3, -0.25) is 9.63 Å². The number of fused-ring (bicyclic) bond motifs is 1. The van der Waals surface area contributed by atoms with Crippen molar-refractivity contribution in [3.63, 3.8) is 0 Å². The van der Waals surface area contributed by atoms with E-state index in [-0.39, 0.29) is 23.8 Å². The summed E-state index contributed by atoms with van der Waals surface area (Å²) in [6.45, 7) is 4.15. The highest BCUT2D eigenvalue weighted by Gasteiger charge is 2.62. The number of hydrogen-bond donors (Lipinski definition) is 1. The van der Waals surface area contributed by atoms with Gasteiger partial charge < -0.3 is 19.5 Å². The molecule has 3 aromatic rings. The van der Waals surface area contributed by atoms with Crippen LogP contribution in [0.15, 0.2) is 77.8 Å². The Bertz CT molecular complexity index is 1950. The predicted octanol–water partition coefficient (Wildman–Crippen LogP) is 5.82. The molecule has 0 spiro atoms. The number of hydrazine groups is 1. The maximum Gasteiger partial charge on any atom is 0.490 e. The lowest BCUT2D eigenvalue weighted by molar-refractivity contribution is -0.192. The van der Waals surface area contributed by atoms with E-state index in [9.17, 15) is 26.4 Å². The summed E-state index contributed by atoms with van der Waals surface area (Å²) in [7, 11) is 0.963. The van der Waals surface area contributed by atoms with E-state index in [1.54, 1.807) is 54.7 Å². The van der Waals surface area contributed by atoms with Crippen LogP contribution in [0.2, 0.25) is 5.02 Å². The Morgan fingerprint density at radius 1 is 1.08 bits per heavy atom. The molecule has 2 atom stereocenters. The predicted molar refractivity (Wildman–Crippen MR) is 185 cm³/mol. The number of alkyl halides is 3. The smallest absolute Gasteiger partial charge is 0.490 e. The number of halogens is 4. The van der Waals surface area contributed by atoms with E-state index in [2.05, 4.69) is 11.8 Å². The summed E-state index contributed by atoms with van der Waals surface area (Å²) in [6, 6.07) is 17.4. The number of hydroxylamine groups is 2. The van der Waals surface area contributed by atoms with Gasteiger partial charge in [0.2, 0.25) is 14.8 Å². The molecule has 52 heavy (non-hydrogen) atoms. The number of carboxylic acids is 1. The lowest BCUT2D eigenvalue weighted by Gasteiger charge is -2.46. The molecule has 1 amide bonds. The molecule has 6 rings (SSSR count). The summed E-state index contributed by atoms with van der Waals surface area (Å²) in [5, 5.41) is 12.2. The molecule has 0 saturated carbocycles. The van der Waals surface area contributed by atoms with E-state index < -0.39 is 32.9 Å². The summed E-state index contributed by atoms with van der Waals surface area (Å²) < 4.78 is 72.4. The number of carbonyl (C=O) groups is 2. The maximum atomic E-state index is 14.9. The van der Waals surface area contributed by atoms with Crippen molar-refractivity contribution in [3.05, 3.63) is 94.7 Å². The van der Waals surface area contributed by atoms with E-state index in [4.69, 9.17) is 35.8 Å². The highest BCUT2D eigenvalue weighted by molar-refractivity contribution is 7.92. The van der Waals surface area contributed by atoms with Crippen LogP contribution in [0.5, 0.6) is 11.5 Å². The number of amides is 1. The molecule has 1 unspecified atom stereocenters. The van der Waals surface area contributed by atoms with Crippen molar-refractivity contribution in [2.75, 3.05) is 46.0 Å². The second-order valence-corrected chi connectivity index (χ2v) is 14.7. The van der Waals surface area contributed by atoms with Gasteiger partial charge in [0.1, 0.15) is 11.5 Å². The molecule has 1 N–H and O–H groups in total. The minimum absolute atomic E-state index is 0.0908. The fourth-order valence-corrected chi connectivity index (χ4v) is 8.77. The second-order valence-electron chi connectivity index (χ2n) is 12.2. The number of hydrogen-bond acceptors (Lipinski definition) is 10. The Hall–Kier alpha value is -4.35. The van der Waals surface area contributed by atoms with Crippen molar-refractivity contribution in [1.29, 1.82) is 0 Å². The highest BCUT2D eigenvalue weighted by atomic mass is 35.5. The van der Waals surface area contributed by atoms with Crippen molar-refractivity contribution in [2.45, 2.75) is 48.3 Å². The third-order valence-corrected chi connectivity index (χ3v) is 11.6. The monoisotopic (exact) mass is 766 g/mol. The van der Waals surface area contributed by atoms with E-state index in [1.807, 2.05) is 25.2 Å². The average Bonchev–Trinajstić information content (AvgIpc) is 3.86. The molecule has 0 bridgehead atoms. The number of rotatable bonds is 10. The van der Waals surface area contributed by atoms with Crippen molar-refractivity contribution >= 4 is 39.0 Å². The molecule has 1 saturated heterocycles. The molecule has 17 heteroatoms. The largest absolute Gasteiger partial charge is 0.497 e. The summed E-state index contributed by atoms with van der Waals surface area (Å²) in [5.41, 5.74) is 2.95. The third kappa shape index (κ3) is 7.17. The van der Waals surface area contributed by atoms with Gasteiger partial charge in [0, 0.05) is 36.3 Å². The Kier molecular flexibility index (Phi) is 11.5. The first-order valence-electron chi connectivity index (χ1n) is 16.1. The number of aliphatic carboxylic acids is 1. The number of nitrogens with zero attached hydrogens (tertiary/aromatic N) is 4. The lowest BCUT2D eigenvalue weighted by Crippen LogP contribution is -2.65. The van der Waals surface area contributed by atoms with Crippen LogP contribution in [0.25, 0.3) is 0 Å². The zero-order chi connectivity index (χ0) is 38.0. The number of benzene rings is 3. The van der Waals surface area contributed by atoms with Gasteiger partial charge in [0.15, 0.2) is 0 Å². The molecular weight excluding hydrogens is 729 g/mol. The standard InChI is InChI=1S/C33H37ClN4O6S.C2HF3O2/c1-5-35(2)22-23-8-15-30(43-4)28(20-23)31-27-21-24(34)9-14-29(27)38(32(31)39)36-17-6-16-33(36,37-18-7-19-44-37)45(40,41)26-12-10-25(42-3)11-13-26;3-2(4,5)1(6)7/h7-15,18,20-21,31H,5-6,16-17,19,22H2,1-4H3;(H,6,7)/t31-,33?;/m0./s1. The van der Waals surface area contributed by atoms with E-state index >= 15 is 0 Å². The molecule has 0 radical (unpaired) electrons. The molecule has 3 aromatic carbocycles. The first kappa shape index (κ1) is 38.9. The Morgan fingerprint density at radius 3 is 2.35 bits per heavy atom. The van der Waals surface area contributed by atoms with E-state index in [0.29, 0.717) is 52.8 Å². The van der Waals surface area contributed by atoms with Gasteiger partial charge in [-0.25, -0.2) is 23.3 Å². The number of sulfone groups is 1. The van der Waals surface area contributed by atoms with Gasteiger partial charge in [0.05, 0.1) is 37.3 Å².